The van der Waals surface area contributed by atoms with Crippen LogP contribution in [-0.2, 0) is 6.61 Å². The largest absolute Gasteiger partial charge is 0.486 e. The number of ether oxygens (including phenoxy) is 1. The average molecular weight is 276 g/mol. The molecule has 2 aromatic heterocycles. The van der Waals surface area contributed by atoms with E-state index >= 15 is 0 Å². The summed E-state index contributed by atoms with van der Waals surface area (Å²) < 4.78 is 18.8. The van der Waals surface area contributed by atoms with Crippen molar-refractivity contribution in [2.45, 2.75) is 6.61 Å². The Labute approximate surface area is 111 Å². The van der Waals surface area contributed by atoms with E-state index < -0.39 is 0 Å². The Morgan fingerprint density at radius 2 is 2.05 bits per heavy atom. The highest BCUT2D eigenvalue weighted by Crippen LogP contribution is 2.15. The van der Waals surface area contributed by atoms with E-state index in [4.69, 9.17) is 4.74 Å². The molecule has 1 aromatic carbocycles. The van der Waals surface area contributed by atoms with Crippen molar-refractivity contribution in [1.82, 2.24) is 9.97 Å². The minimum atomic E-state index is -0.321. The fourth-order valence-electron chi connectivity index (χ4n) is 1.67. The molecule has 4 nitrogen and oxygen atoms in total. The topological polar surface area (TPSA) is 55.0 Å². The van der Waals surface area contributed by atoms with Crippen molar-refractivity contribution in [1.29, 1.82) is 0 Å². The molecule has 0 amide bonds. The first-order chi connectivity index (χ1) is 9.22. The summed E-state index contributed by atoms with van der Waals surface area (Å²) in [5.41, 5.74) is 0.490. The Kier molecular flexibility index (Phi) is 3.00. The number of benzene rings is 1. The molecular formula is C13H9FN2O2S. The lowest BCUT2D eigenvalue weighted by atomic mass is 10.3. The number of rotatable bonds is 3. The summed E-state index contributed by atoms with van der Waals surface area (Å²) in [7, 11) is 0. The van der Waals surface area contributed by atoms with Gasteiger partial charge in [-0.05, 0) is 35.7 Å². The maximum absolute atomic E-state index is 12.7. The number of fused-ring (bicyclic) bond motifs is 1. The van der Waals surface area contributed by atoms with Gasteiger partial charge < -0.3 is 9.72 Å². The maximum Gasteiger partial charge on any atom is 0.268 e. The van der Waals surface area contributed by atoms with Crippen LogP contribution in [-0.4, -0.2) is 9.97 Å². The Bertz CT molecular complexity index is 764. The van der Waals surface area contributed by atoms with Crippen molar-refractivity contribution in [2.75, 3.05) is 0 Å². The van der Waals surface area contributed by atoms with Crippen LogP contribution in [0.25, 0.3) is 10.2 Å². The van der Waals surface area contributed by atoms with Gasteiger partial charge in [0.25, 0.3) is 5.56 Å². The number of aromatic nitrogens is 2. The van der Waals surface area contributed by atoms with Crippen LogP contribution in [0.15, 0.2) is 40.5 Å². The highest BCUT2D eigenvalue weighted by atomic mass is 32.1. The van der Waals surface area contributed by atoms with Crippen LogP contribution in [0.1, 0.15) is 5.82 Å². The van der Waals surface area contributed by atoms with Crippen LogP contribution in [0, 0.1) is 5.82 Å². The van der Waals surface area contributed by atoms with Crippen molar-refractivity contribution in [3.05, 3.63) is 57.7 Å². The monoisotopic (exact) mass is 276 g/mol. The van der Waals surface area contributed by atoms with E-state index in [1.807, 2.05) is 5.38 Å². The number of thiophene rings is 1. The normalized spacial score (nSPS) is 10.8. The summed E-state index contributed by atoms with van der Waals surface area (Å²) in [6, 6.07) is 7.46. The number of nitrogens with zero attached hydrogens (tertiary/aromatic N) is 1. The third-order valence-electron chi connectivity index (χ3n) is 2.55. The number of hydrogen-bond donors (Lipinski definition) is 1. The molecule has 3 aromatic rings. The SMILES string of the molecule is O=c1[nH]c(COc2ccc(F)cc2)nc2ccsc12. The van der Waals surface area contributed by atoms with Crippen LogP contribution in [0.2, 0.25) is 0 Å². The predicted molar refractivity (Wildman–Crippen MR) is 71.0 cm³/mol. The quantitative estimate of drug-likeness (QED) is 0.800. The van der Waals surface area contributed by atoms with Crippen LogP contribution in [0.4, 0.5) is 4.39 Å². The van der Waals surface area contributed by atoms with Gasteiger partial charge in [0, 0.05) is 0 Å². The Morgan fingerprint density at radius 3 is 2.84 bits per heavy atom. The smallest absolute Gasteiger partial charge is 0.268 e. The second kappa shape index (κ2) is 4.81. The first-order valence-electron chi connectivity index (χ1n) is 5.57. The molecule has 0 unspecified atom stereocenters. The molecule has 0 aliphatic rings. The standard InChI is InChI=1S/C13H9FN2O2S/c14-8-1-3-9(4-2-8)18-7-11-15-10-5-6-19-12(10)13(17)16-11/h1-6H,7H2,(H,15,16,17). The molecule has 2 heterocycles. The minimum absolute atomic E-state index is 0.132. The fourth-order valence-corrected chi connectivity index (χ4v) is 2.40. The first kappa shape index (κ1) is 11.9. The minimum Gasteiger partial charge on any atom is -0.486 e. The predicted octanol–water partition coefficient (Wildman–Crippen LogP) is 2.70. The third kappa shape index (κ3) is 2.48. The summed E-state index contributed by atoms with van der Waals surface area (Å²) in [4.78, 5) is 18.7. The lowest BCUT2D eigenvalue weighted by Crippen LogP contribution is -2.12. The molecule has 0 fully saturated rings. The van der Waals surface area contributed by atoms with Gasteiger partial charge in [-0.2, -0.15) is 0 Å². The van der Waals surface area contributed by atoms with Crippen molar-refractivity contribution < 1.29 is 9.13 Å². The highest BCUT2D eigenvalue weighted by molar-refractivity contribution is 7.17. The maximum atomic E-state index is 12.7. The molecule has 0 saturated heterocycles. The van der Waals surface area contributed by atoms with Gasteiger partial charge in [0.2, 0.25) is 0 Å². The van der Waals surface area contributed by atoms with Crippen molar-refractivity contribution in [3.63, 3.8) is 0 Å². The molecule has 0 bridgehead atoms. The van der Waals surface area contributed by atoms with Gasteiger partial charge in [0.05, 0.1) is 5.52 Å². The molecular weight excluding hydrogens is 267 g/mol. The van der Waals surface area contributed by atoms with Crippen LogP contribution < -0.4 is 10.3 Å². The Balaban J connectivity index is 1.81. The molecule has 0 atom stereocenters. The number of halogens is 1. The molecule has 1 N–H and O–H groups in total. The number of nitrogens with one attached hydrogen (secondary N) is 1. The summed E-state index contributed by atoms with van der Waals surface area (Å²) in [6.07, 6.45) is 0. The summed E-state index contributed by atoms with van der Waals surface area (Å²) in [5.74, 6) is 0.647. The first-order valence-corrected chi connectivity index (χ1v) is 6.45. The van der Waals surface area contributed by atoms with E-state index in [2.05, 4.69) is 9.97 Å². The molecule has 6 heteroatoms. The molecule has 0 radical (unpaired) electrons. The van der Waals surface area contributed by atoms with Crippen molar-refractivity contribution in [3.8, 4) is 5.75 Å². The van der Waals surface area contributed by atoms with E-state index in [1.165, 1.54) is 35.6 Å². The lowest BCUT2D eigenvalue weighted by molar-refractivity contribution is 0.295. The molecule has 96 valence electrons. The van der Waals surface area contributed by atoms with Gasteiger partial charge in [-0.25, -0.2) is 9.37 Å². The van der Waals surface area contributed by atoms with Crippen molar-refractivity contribution >= 4 is 21.6 Å². The summed E-state index contributed by atoms with van der Waals surface area (Å²) >= 11 is 1.35. The van der Waals surface area contributed by atoms with Gasteiger partial charge in [-0.1, -0.05) is 0 Å². The molecule has 0 aliphatic heterocycles. The van der Waals surface area contributed by atoms with Crippen LogP contribution in [0.3, 0.4) is 0 Å². The number of hydrogen-bond acceptors (Lipinski definition) is 4. The average Bonchev–Trinajstić information content (AvgIpc) is 2.87. The Hall–Kier alpha value is -2.21. The Morgan fingerprint density at radius 1 is 1.26 bits per heavy atom. The zero-order valence-electron chi connectivity index (χ0n) is 9.72. The van der Waals surface area contributed by atoms with Crippen LogP contribution >= 0.6 is 11.3 Å². The van der Waals surface area contributed by atoms with Gasteiger partial charge in [0.15, 0.2) is 0 Å². The zero-order valence-corrected chi connectivity index (χ0v) is 10.5. The van der Waals surface area contributed by atoms with Crippen molar-refractivity contribution in [2.24, 2.45) is 0 Å². The van der Waals surface area contributed by atoms with Gasteiger partial charge in [-0.15, -0.1) is 11.3 Å². The number of aromatic amines is 1. The highest BCUT2D eigenvalue weighted by Gasteiger charge is 2.05. The second-order valence-electron chi connectivity index (χ2n) is 3.89. The van der Waals surface area contributed by atoms with E-state index in [0.717, 1.165) is 0 Å². The third-order valence-corrected chi connectivity index (χ3v) is 3.46. The number of H-pyrrole nitrogens is 1. The molecule has 0 saturated carbocycles. The van der Waals surface area contributed by atoms with Crippen LogP contribution in [0.5, 0.6) is 5.75 Å². The lowest BCUT2D eigenvalue weighted by Gasteiger charge is -2.05. The van der Waals surface area contributed by atoms with Gasteiger partial charge in [-0.3, -0.25) is 4.79 Å². The van der Waals surface area contributed by atoms with E-state index in [-0.39, 0.29) is 18.0 Å². The second-order valence-corrected chi connectivity index (χ2v) is 4.81. The summed E-state index contributed by atoms with van der Waals surface area (Å²) in [5, 5.41) is 1.82. The fraction of sp³-hybridized carbons (Fsp3) is 0.0769. The van der Waals surface area contributed by atoms with Gasteiger partial charge in [0.1, 0.15) is 28.7 Å². The molecule has 0 spiro atoms. The van der Waals surface area contributed by atoms with E-state index in [9.17, 15) is 9.18 Å². The van der Waals surface area contributed by atoms with E-state index in [1.54, 1.807) is 6.07 Å². The van der Waals surface area contributed by atoms with Gasteiger partial charge >= 0.3 is 0 Å². The molecule has 3 rings (SSSR count). The molecule has 0 aliphatic carbocycles. The summed E-state index contributed by atoms with van der Waals surface area (Å²) in [6.45, 7) is 0.132. The molecule has 19 heavy (non-hydrogen) atoms. The zero-order chi connectivity index (χ0) is 13.2. The van der Waals surface area contributed by atoms with E-state index in [0.29, 0.717) is 21.8 Å².